The summed E-state index contributed by atoms with van der Waals surface area (Å²) in [7, 11) is 0. The summed E-state index contributed by atoms with van der Waals surface area (Å²) in [6.07, 6.45) is 7.04. The molecular formula is C12H26N2. The summed E-state index contributed by atoms with van der Waals surface area (Å²) >= 11 is 0. The van der Waals surface area contributed by atoms with Crippen molar-refractivity contribution in [2.24, 2.45) is 11.7 Å². The third kappa shape index (κ3) is 4.43. The van der Waals surface area contributed by atoms with Gasteiger partial charge in [-0.15, -0.1) is 0 Å². The molecule has 2 N–H and O–H groups in total. The Morgan fingerprint density at radius 2 is 1.50 bits per heavy atom. The zero-order chi connectivity index (χ0) is 10.4. The van der Waals surface area contributed by atoms with Crippen LogP contribution in [0, 0.1) is 5.92 Å². The van der Waals surface area contributed by atoms with Crippen molar-refractivity contribution in [2.45, 2.75) is 52.0 Å². The Hall–Kier alpha value is -0.0800. The standard InChI is InChI=1S/C12H26N2/c1-11(12(2)13)10-14-8-6-4-3-5-7-9-14/h11-12H,3-10,13H2,1-2H3. The summed E-state index contributed by atoms with van der Waals surface area (Å²) in [6.45, 7) is 8.16. The summed E-state index contributed by atoms with van der Waals surface area (Å²) in [5.41, 5.74) is 5.90. The number of rotatable bonds is 3. The predicted octanol–water partition coefficient (Wildman–Crippen LogP) is 2.24. The smallest absolute Gasteiger partial charge is 0.00483 e. The van der Waals surface area contributed by atoms with Crippen LogP contribution in [0.2, 0.25) is 0 Å². The first-order valence-corrected chi connectivity index (χ1v) is 6.18. The molecule has 0 saturated carbocycles. The zero-order valence-corrected chi connectivity index (χ0v) is 9.84. The van der Waals surface area contributed by atoms with E-state index in [-0.39, 0.29) is 0 Å². The summed E-state index contributed by atoms with van der Waals surface area (Å²) in [6, 6.07) is 0.334. The van der Waals surface area contributed by atoms with Crippen molar-refractivity contribution in [1.82, 2.24) is 4.90 Å². The van der Waals surface area contributed by atoms with Crippen LogP contribution in [-0.4, -0.2) is 30.6 Å². The van der Waals surface area contributed by atoms with Gasteiger partial charge in [-0.3, -0.25) is 0 Å². The molecule has 2 heteroatoms. The fraction of sp³-hybridized carbons (Fsp3) is 1.00. The third-order valence-corrected chi connectivity index (χ3v) is 3.39. The van der Waals surface area contributed by atoms with E-state index < -0.39 is 0 Å². The Balaban J connectivity index is 2.26. The monoisotopic (exact) mass is 198 g/mol. The van der Waals surface area contributed by atoms with Crippen LogP contribution in [0.15, 0.2) is 0 Å². The Morgan fingerprint density at radius 3 is 2.00 bits per heavy atom. The fourth-order valence-electron chi connectivity index (χ4n) is 2.07. The van der Waals surface area contributed by atoms with Crippen molar-refractivity contribution in [2.75, 3.05) is 19.6 Å². The summed E-state index contributed by atoms with van der Waals surface area (Å²) in [5.74, 6) is 0.634. The second-order valence-corrected chi connectivity index (χ2v) is 4.90. The van der Waals surface area contributed by atoms with Gasteiger partial charge in [-0.05, 0) is 38.8 Å². The molecule has 2 unspecified atom stereocenters. The van der Waals surface area contributed by atoms with E-state index in [2.05, 4.69) is 18.7 Å². The van der Waals surface area contributed by atoms with Gasteiger partial charge in [-0.1, -0.05) is 26.2 Å². The topological polar surface area (TPSA) is 29.3 Å². The highest BCUT2D eigenvalue weighted by atomic mass is 15.1. The van der Waals surface area contributed by atoms with Gasteiger partial charge in [0, 0.05) is 12.6 Å². The van der Waals surface area contributed by atoms with E-state index in [1.165, 1.54) is 51.7 Å². The molecule has 0 radical (unpaired) electrons. The third-order valence-electron chi connectivity index (χ3n) is 3.39. The Morgan fingerprint density at radius 1 is 1.00 bits per heavy atom. The molecule has 1 heterocycles. The molecule has 1 saturated heterocycles. The van der Waals surface area contributed by atoms with Gasteiger partial charge >= 0.3 is 0 Å². The molecule has 1 rings (SSSR count). The number of likely N-dealkylation sites (tertiary alicyclic amines) is 1. The summed E-state index contributed by atoms with van der Waals surface area (Å²) < 4.78 is 0. The zero-order valence-electron chi connectivity index (χ0n) is 9.84. The Bertz CT molecular complexity index is 137. The molecule has 0 bridgehead atoms. The number of nitrogens with zero attached hydrogens (tertiary/aromatic N) is 1. The molecule has 0 aromatic rings. The van der Waals surface area contributed by atoms with E-state index in [9.17, 15) is 0 Å². The van der Waals surface area contributed by atoms with E-state index in [4.69, 9.17) is 5.73 Å². The largest absolute Gasteiger partial charge is 0.328 e. The Labute approximate surface area is 88.8 Å². The van der Waals surface area contributed by atoms with Crippen LogP contribution in [0.1, 0.15) is 46.0 Å². The SMILES string of the molecule is CC(N)C(C)CN1CCCCCCC1. The second-order valence-electron chi connectivity index (χ2n) is 4.90. The van der Waals surface area contributed by atoms with Gasteiger partial charge in [-0.25, -0.2) is 0 Å². The molecule has 0 aliphatic carbocycles. The van der Waals surface area contributed by atoms with Crippen LogP contribution in [-0.2, 0) is 0 Å². The highest BCUT2D eigenvalue weighted by Crippen LogP contribution is 2.12. The lowest BCUT2D eigenvalue weighted by Gasteiger charge is -2.28. The Kier molecular flexibility index (Phi) is 5.49. The van der Waals surface area contributed by atoms with Crippen LogP contribution in [0.5, 0.6) is 0 Å². The highest BCUT2D eigenvalue weighted by molar-refractivity contribution is 4.70. The molecule has 2 nitrogen and oxygen atoms in total. The van der Waals surface area contributed by atoms with Crippen LogP contribution >= 0.6 is 0 Å². The fourth-order valence-corrected chi connectivity index (χ4v) is 2.07. The van der Waals surface area contributed by atoms with E-state index in [1.807, 2.05) is 0 Å². The van der Waals surface area contributed by atoms with Gasteiger partial charge in [0.05, 0.1) is 0 Å². The van der Waals surface area contributed by atoms with Gasteiger partial charge in [0.1, 0.15) is 0 Å². The lowest BCUT2D eigenvalue weighted by atomic mass is 10.0. The molecule has 0 amide bonds. The number of hydrogen-bond acceptors (Lipinski definition) is 2. The average Bonchev–Trinajstić information content (AvgIpc) is 2.08. The van der Waals surface area contributed by atoms with Crippen LogP contribution in [0.25, 0.3) is 0 Å². The van der Waals surface area contributed by atoms with Crippen molar-refractivity contribution in [3.05, 3.63) is 0 Å². The van der Waals surface area contributed by atoms with Gasteiger partial charge in [0.15, 0.2) is 0 Å². The first kappa shape index (κ1) is 12.0. The van der Waals surface area contributed by atoms with Crippen LogP contribution in [0.4, 0.5) is 0 Å². The number of hydrogen-bond donors (Lipinski definition) is 1. The van der Waals surface area contributed by atoms with Gasteiger partial charge in [0.2, 0.25) is 0 Å². The van der Waals surface area contributed by atoms with Crippen LogP contribution in [0.3, 0.4) is 0 Å². The number of nitrogens with two attached hydrogens (primary N) is 1. The quantitative estimate of drug-likeness (QED) is 0.753. The summed E-state index contributed by atoms with van der Waals surface area (Å²) in [4.78, 5) is 2.60. The molecule has 1 aliphatic rings. The van der Waals surface area contributed by atoms with Crippen molar-refractivity contribution in [1.29, 1.82) is 0 Å². The van der Waals surface area contributed by atoms with Gasteiger partial charge in [-0.2, -0.15) is 0 Å². The van der Waals surface area contributed by atoms with E-state index in [0.717, 1.165) is 0 Å². The average molecular weight is 198 g/mol. The molecular weight excluding hydrogens is 172 g/mol. The van der Waals surface area contributed by atoms with Crippen molar-refractivity contribution in [3.8, 4) is 0 Å². The van der Waals surface area contributed by atoms with Crippen LogP contribution < -0.4 is 5.73 Å². The first-order chi connectivity index (χ1) is 6.70. The molecule has 0 aromatic carbocycles. The van der Waals surface area contributed by atoms with Crippen molar-refractivity contribution < 1.29 is 0 Å². The van der Waals surface area contributed by atoms with E-state index >= 15 is 0 Å². The van der Waals surface area contributed by atoms with Gasteiger partial charge < -0.3 is 10.6 Å². The molecule has 1 aliphatic heterocycles. The molecule has 14 heavy (non-hydrogen) atoms. The normalized spacial score (nSPS) is 25.1. The minimum absolute atomic E-state index is 0.334. The minimum Gasteiger partial charge on any atom is -0.328 e. The van der Waals surface area contributed by atoms with Gasteiger partial charge in [0.25, 0.3) is 0 Å². The predicted molar refractivity (Wildman–Crippen MR) is 62.3 cm³/mol. The first-order valence-electron chi connectivity index (χ1n) is 6.18. The molecule has 84 valence electrons. The molecule has 0 aromatic heterocycles. The highest BCUT2D eigenvalue weighted by Gasteiger charge is 2.14. The van der Waals surface area contributed by atoms with Crippen molar-refractivity contribution in [3.63, 3.8) is 0 Å². The van der Waals surface area contributed by atoms with E-state index in [1.54, 1.807) is 0 Å². The lowest BCUT2D eigenvalue weighted by molar-refractivity contribution is 0.207. The maximum atomic E-state index is 5.90. The molecule has 0 spiro atoms. The minimum atomic E-state index is 0.334. The van der Waals surface area contributed by atoms with Crippen molar-refractivity contribution >= 4 is 0 Å². The lowest BCUT2D eigenvalue weighted by Crippen LogP contribution is -2.37. The molecule has 1 fully saturated rings. The molecule has 2 atom stereocenters. The second kappa shape index (κ2) is 6.41. The maximum Gasteiger partial charge on any atom is 0.00483 e. The van der Waals surface area contributed by atoms with E-state index in [0.29, 0.717) is 12.0 Å². The maximum absolute atomic E-state index is 5.90. The summed E-state index contributed by atoms with van der Waals surface area (Å²) in [5, 5.41) is 0.